The molecule has 1 aromatic heterocycles. The fraction of sp³-hybridized carbons (Fsp3) is 0.500. The van der Waals surface area contributed by atoms with Crippen LogP contribution >= 0.6 is 23.1 Å². The minimum Gasteiger partial charge on any atom is -0.399 e. The van der Waals surface area contributed by atoms with Crippen molar-refractivity contribution >= 4 is 56.8 Å². The summed E-state index contributed by atoms with van der Waals surface area (Å²) in [7, 11) is -0.395. The summed E-state index contributed by atoms with van der Waals surface area (Å²) in [6.07, 6.45) is 0. The molecule has 26 heavy (non-hydrogen) atoms. The maximum atomic E-state index is 12.0. The van der Waals surface area contributed by atoms with Gasteiger partial charge in [-0.15, -0.1) is 11.3 Å². The highest BCUT2D eigenvalue weighted by atomic mass is 32.2. The molecule has 0 unspecified atom stereocenters. The number of thioether (sulfide) groups is 1. The van der Waals surface area contributed by atoms with Crippen molar-refractivity contribution in [2.24, 2.45) is 4.99 Å². The molecule has 0 radical (unpaired) electrons. The lowest BCUT2D eigenvalue weighted by atomic mass is 9.79. The van der Waals surface area contributed by atoms with E-state index in [1.807, 2.05) is 53.7 Å². The number of hydrogen-bond acceptors (Lipinski definition) is 6. The van der Waals surface area contributed by atoms with Gasteiger partial charge in [0.05, 0.1) is 26.2 Å². The molecule has 1 aromatic carbocycles. The summed E-state index contributed by atoms with van der Waals surface area (Å²) < 4.78 is 12.8. The van der Waals surface area contributed by atoms with Crippen molar-refractivity contribution in [2.45, 2.75) is 57.5 Å². The number of fused-ring (bicyclic) bond motifs is 1. The van der Waals surface area contributed by atoms with E-state index in [1.54, 1.807) is 11.3 Å². The lowest BCUT2D eigenvalue weighted by Crippen LogP contribution is -2.41. The van der Waals surface area contributed by atoms with Crippen LogP contribution in [-0.4, -0.2) is 39.0 Å². The van der Waals surface area contributed by atoms with Gasteiger partial charge in [0, 0.05) is 0 Å². The van der Waals surface area contributed by atoms with Crippen LogP contribution in [0.15, 0.2) is 23.2 Å². The zero-order valence-electron chi connectivity index (χ0n) is 15.7. The predicted octanol–water partition coefficient (Wildman–Crippen LogP) is 3.39. The third kappa shape index (κ3) is 2.83. The van der Waals surface area contributed by atoms with Gasteiger partial charge in [0.2, 0.25) is 0 Å². The van der Waals surface area contributed by atoms with Gasteiger partial charge >= 0.3 is 7.12 Å². The summed E-state index contributed by atoms with van der Waals surface area (Å²) in [5.41, 5.74) is 1.13. The number of nitrogens with zero attached hydrogens (tertiary/aromatic N) is 2. The highest BCUT2D eigenvalue weighted by Crippen LogP contribution is 2.39. The lowest BCUT2D eigenvalue weighted by molar-refractivity contribution is -0.119. The highest BCUT2D eigenvalue weighted by Gasteiger charge is 2.51. The molecule has 0 saturated carbocycles. The molecule has 0 spiro atoms. The number of benzene rings is 1. The summed E-state index contributed by atoms with van der Waals surface area (Å²) in [4.78, 5) is 20.8. The van der Waals surface area contributed by atoms with Gasteiger partial charge < -0.3 is 9.31 Å². The van der Waals surface area contributed by atoms with Crippen molar-refractivity contribution in [3.05, 3.63) is 23.2 Å². The molecule has 0 N–H and O–H groups in total. The third-order valence-electron chi connectivity index (χ3n) is 5.19. The number of amides is 1. The van der Waals surface area contributed by atoms with Crippen molar-refractivity contribution < 1.29 is 14.1 Å². The SMILES string of the molecule is CC1(C)SC(c2nc3ccc(B4OC(C)(C)C(C)(C)O4)cc3s2)=NC1=O. The van der Waals surface area contributed by atoms with Crippen molar-refractivity contribution in [2.75, 3.05) is 0 Å². The van der Waals surface area contributed by atoms with Crippen LogP contribution in [0.3, 0.4) is 0 Å². The molecule has 136 valence electrons. The third-order valence-corrected chi connectivity index (χ3v) is 7.51. The largest absolute Gasteiger partial charge is 0.494 e. The van der Waals surface area contributed by atoms with Crippen LogP contribution in [0, 0.1) is 0 Å². The molecule has 2 aliphatic rings. The molecule has 2 aliphatic heterocycles. The second-order valence-electron chi connectivity index (χ2n) is 8.17. The maximum absolute atomic E-state index is 12.0. The van der Waals surface area contributed by atoms with Crippen molar-refractivity contribution in [1.29, 1.82) is 0 Å². The van der Waals surface area contributed by atoms with Crippen LogP contribution in [0.5, 0.6) is 0 Å². The van der Waals surface area contributed by atoms with E-state index in [2.05, 4.69) is 16.0 Å². The molecule has 0 bridgehead atoms. The molecule has 1 saturated heterocycles. The molecule has 0 atom stereocenters. The molecule has 0 aliphatic carbocycles. The second-order valence-corrected chi connectivity index (χ2v) is 10.8. The van der Waals surface area contributed by atoms with Crippen molar-refractivity contribution in [3.8, 4) is 0 Å². The quantitative estimate of drug-likeness (QED) is 0.738. The van der Waals surface area contributed by atoms with Gasteiger partial charge in [-0.2, -0.15) is 0 Å². The molecule has 1 fully saturated rings. The Hall–Kier alpha value is -1.22. The average Bonchev–Trinajstić information content (AvgIpc) is 3.12. The van der Waals surface area contributed by atoms with Gasteiger partial charge in [-0.05, 0) is 59.1 Å². The van der Waals surface area contributed by atoms with Crippen molar-refractivity contribution in [1.82, 2.24) is 4.98 Å². The molecule has 2 aromatic rings. The Balaban J connectivity index is 1.66. The monoisotopic (exact) mass is 388 g/mol. The van der Waals surface area contributed by atoms with E-state index in [-0.39, 0.29) is 17.1 Å². The molecule has 8 heteroatoms. The number of aromatic nitrogens is 1. The van der Waals surface area contributed by atoms with Gasteiger partial charge in [-0.25, -0.2) is 9.98 Å². The Morgan fingerprint density at radius 3 is 2.27 bits per heavy atom. The normalized spacial score (nSPS) is 23.7. The minimum atomic E-state index is -0.513. The van der Waals surface area contributed by atoms with E-state index in [4.69, 9.17) is 9.31 Å². The van der Waals surface area contributed by atoms with Crippen LogP contribution < -0.4 is 5.46 Å². The number of carbonyl (C=O) groups is 1. The van der Waals surface area contributed by atoms with E-state index in [0.29, 0.717) is 5.04 Å². The lowest BCUT2D eigenvalue weighted by Gasteiger charge is -2.32. The summed E-state index contributed by atoms with van der Waals surface area (Å²) in [5, 5.41) is 1.49. The van der Waals surface area contributed by atoms with Gasteiger partial charge in [0.15, 0.2) is 0 Å². The highest BCUT2D eigenvalue weighted by molar-refractivity contribution is 8.16. The predicted molar refractivity (Wildman–Crippen MR) is 109 cm³/mol. The van der Waals surface area contributed by atoms with Gasteiger partial charge in [-0.1, -0.05) is 17.8 Å². The smallest absolute Gasteiger partial charge is 0.399 e. The zero-order chi connectivity index (χ0) is 18.9. The fourth-order valence-electron chi connectivity index (χ4n) is 2.78. The summed E-state index contributed by atoms with van der Waals surface area (Å²) in [6.45, 7) is 12.0. The number of aliphatic imine (C=N–C) groups is 1. The number of thiazole rings is 1. The summed E-state index contributed by atoms with van der Waals surface area (Å²) >= 11 is 3.02. The van der Waals surface area contributed by atoms with Gasteiger partial charge in [0.25, 0.3) is 5.91 Å². The van der Waals surface area contributed by atoms with E-state index >= 15 is 0 Å². The van der Waals surface area contributed by atoms with E-state index in [1.165, 1.54) is 11.8 Å². The first-order valence-corrected chi connectivity index (χ1v) is 10.2. The first kappa shape index (κ1) is 18.2. The van der Waals surface area contributed by atoms with Gasteiger partial charge in [0.1, 0.15) is 10.1 Å². The number of hydrogen-bond donors (Lipinski definition) is 0. The molecular weight excluding hydrogens is 367 g/mol. The van der Waals surface area contributed by atoms with E-state index < -0.39 is 11.9 Å². The Labute approximate surface area is 161 Å². The number of carbonyl (C=O) groups excluding carboxylic acids is 1. The van der Waals surface area contributed by atoms with E-state index in [0.717, 1.165) is 20.7 Å². The molecular formula is C18H21BN2O3S2. The van der Waals surface area contributed by atoms with Crippen LogP contribution in [0.1, 0.15) is 46.6 Å². The van der Waals surface area contributed by atoms with Crippen LogP contribution in [-0.2, 0) is 14.1 Å². The summed E-state index contributed by atoms with van der Waals surface area (Å²) in [6, 6.07) is 6.03. The molecule has 5 nitrogen and oxygen atoms in total. The molecule has 3 heterocycles. The van der Waals surface area contributed by atoms with Crippen LogP contribution in [0.4, 0.5) is 0 Å². The van der Waals surface area contributed by atoms with Crippen LogP contribution in [0.2, 0.25) is 0 Å². The Morgan fingerprint density at radius 2 is 1.69 bits per heavy atom. The first-order chi connectivity index (χ1) is 12.0. The Morgan fingerprint density at radius 1 is 1.04 bits per heavy atom. The minimum absolute atomic E-state index is 0.102. The van der Waals surface area contributed by atoms with Crippen molar-refractivity contribution in [3.63, 3.8) is 0 Å². The molecule has 4 rings (SSSR count). The summed E-state index contributed by atoms with van der Waals surface area (Å²) in [5.74, 6) is -0.102. The fourth-order valence-corrected chi connectivity index (χ4v) is 4.81. The molecule has 1 amide bonds. The number of rotatable bonds is 2. The maximum Gasteiger partial charge on any atom is 0.494 e. The first-order valence-electron chi connectivity index (χ1n) is 8.57. The average molecular weight is 388 g/mol. The van der Waals surface area contributed by atoms with E-state index in [9.17, 15) is 4.79 Å². The Kier molecular flexibility index (Phi) is 3.94. The topological polar surface area (TPSA) is 60.8 Å². The van der Waals surface area contributed by atoms with Crippen LogP contribution in [0.25, 0.3) is 10.2 Å². The van der Waals surface area contributed by atoms with Gasteiger partial charge in [-0.3, -0.25) is 4.79 Å². The zero-order valence-corrected chi connectivity index (χ0v) is 17.4. The standard InChI is InChI=1S/C18H21BN2O3S2/c1-16(2)15(22)21-14(26-16)13-20-11-8-7-10(9-12(11)25-13)19-23-17(3,4)18(5,6)24-19/h7-9H,1-6H3. The Bertz CT molecular complexity index is 933. The second kappa shape index (κ2) is 5.64.